The molecule has 9 heteroatoms. The predicted molar refractivity (Wildman–Crippen MR) is 119 cm³/mol. The van der Waals surface area contributed by atoms with Crippen LogP contribution in [-0.4, -0.2) is 57.8 Å². The summed E-state index contributed by atoms with van der Waals surface area (Å²) in [6, 6.07) is 14.0. The fraction of sp³-hybridized carbons (Fsp3) is 0.261. The van der Waals surface area contributed by atoms with Gasteiger partial charge in [-0.15, -0.1) is 0 Å². The van der Waals surface area contributed by atoms with Crippen molar-refractivity contribution in [1.82, 2.24) is 4.90 Å². The highest BCUT2D eigenvalue weighted by Crippen LogP contribution is 2.47. The number of carbonyl (C=O) groups excluding carboxylic acids is 1. The molecule has 2 aromatic rings. The molecule has 9 nitrogen and oxygen atoms in total. The van der Waals surface area contributed by atoms with Gasteiger partial charge in [0.15, 0.2) is 0 Å². The average Bonchev–Trinajstić information content (AvgIpc) is 3.32. The lowest BCUT2D eigenvalue weighted by Crippen LogP contribution is -2.49. The van der Waals surface area contributed by atoms with Gasteiger partial charge in [0, 0.05) is 36.5 Å². The topological polar surface area (TPSA) is 136 Å². The molecule has 2 aromatic carbocycles. The number of anilines is 3. The number of nitrogens with one attached hydrogen (secondary N) is 1. The maximum atomic E-state index is 12.8. The summed E-state index contributed by atoms with van der Waals surface area (Å²) in [6.45, 7) is 2.75. The van der Waals surface area contributed by atoms with Crippen molar-refractivity contribution in [3.05, 3.63) is 65.7 Å². The molecule has 4 rings (SSSR count). The fourth-order valence-corrected chi connectivity index (χ4v) is 4.36. The quantitative estimate of drug-likeness (QED) is 0.524. The van der Waals surface area contributed by atoms with Gasteiger partial charge in [-0.1, -0.05) is 12.1 Å². The number of rotatable bonds is 5. The van der Waals surface area contributed by atoms with E-state index in [1.165, 1.54) is 0 Å². The van der Waals surface area contributed by atoms with Gasteiger partial charge in [0.1, 0.15) is 5.66 Å². The first kappa shape index (κ1) is 21.4. The number of aliphatic carboxylic acids is 2. The smallest absolute Gasteiger partial charge is 0.336 e. The molecule has 1 saturated heterocycles. The zero-order valence-electron chi connectivity index (χ0n) is 17.5. The molecule has 1 fully saturated rings. The number of benzene rings is 2. The summed E-state index contributed by atoms with van der Waals surface area (Å²) in [5, 5.41) is 22.2. The summed E-state index contributed by atoms with van der Waals surface area (Å²) in [4.78, 5) is 39.6. The Balaban J connectivity index is 1.74. The highest BCUT2D eigenvalue weighted by atomic mass is 16.4. The number of hydrogen-bond acceptors (Lipinski definition) is 6. The third-order valence-electron chi connectivity index (χ3n) is 5.88. The molecule has 0 aliphatic carbocycles. The summed E-state index contributed by atoms with van der Waals surface area (Å²) >= 11 is 0. The molecule has 2 aliphatic rings. The number of carboxylic acids is 2. The van der Waals surface area contributed by atoms with E-state index in [1.807, 2.05) is 12.1 Å². The molecule has 166 valence electrons. The number of hydrogen-bond donors (Lipinski definition) is 4. The summed E-state index contributed by atoms with van der Waals surface area (Å²) in [5.41, 5.74) is 6.68. The molecule has 0 spiro atoms. The highest BCUT2D eigenvalue weighted by molar-refractivity contribution is 6.01. The van der Waals surface area contributed by atoms with Crippen molar-refractivity contribution in [1.29, 1.82) is 0 Å². The van der Waals surface area contributed by atoms with Gasteiger partial charge < -0.3 is 31.1 Å². The monoisotopic (exact) mass is 436 g/mol. The Kier molecular flexibility index (Phi) is 5.35. The van der Waals surface area contributed by atoms with E-state index in [-0.39, 0.29) is 17.5 Å². The lowest BCUT2D eigenvalue weighted by Gasteiger charge is -2.37. The Morgan fingerprint density at radius 3 is 2.41 bits per heavy atom. The summed E-state index contributed by atoms with van der Waals surface area (Å²) in [6.07, 6.45) is 1.47. The van der Waals surface area contributed by atoms with Crippen LogP contribution in [0.3, 0.4) is 0 Å². The van der Waals surface area contributed by atoms with E-state index >= 15 is 0 Å². The number of para-hydroxylation sites is 2. The first-order valence-corrected chi connectivity index (χ1v) is 10.2. The molecule has 5 N–H and O–H groups in total. The Hall–Kier alpha value is -3.85. The number of nitrogens with zero attached hydrogens (tertiary/aromatic N) is 2. The van der Waals surface area contributed by atoms with Gasteiger partial charge in [-0.2, -0.15) is 0 Å². The maximum absolute atomic E-state index is 12.8. The Labute approximate surface area is 184 Å². The zero-order valence-corrected chi connectivity index (χ0v) is 17.5. The first-order valence-electron chi connectivity index (χ1n) is 10.2. The van der Waals surface area contributed by atoms with Gasteiger partial charge in [0.25, 0.3) is 5.91 Å². The number of amides is 1. The minimum absolute atomic E-state index is 0.0124. The first-order chi connectivity index (χ1) is 15.2. The van der Waals surface area contributed by atoms with Crippen molar-refractivity contribution in [3.8, 4) is 0 Å². The van der Waals surface area contributed by atoms with Crippen LogP contribution in [0.5, 0.6) is 0 Å². The van der Waals surface area contributed by atoms with Crippen LogP contribution in [0.15, 0.2) is 60.2 Å². The van der Waals surface area contributed by atoms with Gasteiger partial charge >= 0.3 is 11.9 Å². The minimum Gasteiger partial charge on any atom is -0.478 e. The van der Waals surface area contributed by atoms with E-state index in [4.69, 9.17) is 5.73 Å². The molecular formula is C23H24N4O5. The summed E-state index contributed by atoms with van der Waals surface area (Å²) < 4.78 is 0. The fourth-order valence-electron chi connectivity index (χ4n) is 4.36. The second-order valence-corrected chi connectivity index (χ2v) is 8.10. The van der Waals surface area contributed by atoms with Crippen molar-refractivity contribution in [2.24, 2.45) is 5.73 Å². The molecule has 2 atom stereocenters. The van der Waals surface area contributed by atoms with Crippen molar-refractivity contribution >= 4 is 34.9 Å². The van der Waals surface area contributed by atoms with Crippen LogP contribution < -0.4 is 16.0 Å². The molecular weight excluding hydrogens is 412 g/mol. The van der Waals surface area contributed by atoms with Gasteiger partial charge in [0.2, 0.25) is 0 Å². The Morgan fingerprint density at radius 1 is 1.12 bits per heavy atom. The number of fused-ring (bicyclic) bond motifs is 1. The second-order valence-electron chi connectivity index (χ2n) is 8.10. The van der Waals surface area contributed by atoms with Crippen LogP contribution in [0.1, 0.15) is 23.7 Å². The second kappa shape index (κ2) is 8.01. The predicted octanol–water partition coefficient (Wildman–Crippen LogP) is 2.24. The molecule has 0 saturated carbocycles. The summed E-state index contributed by atoms with van der Waals surface area (Å²) in [5.74, 6) is -2.81. The van der Waals surface area contributed by atoms with Crippen LogP contribution in [0.25, 0.3) is 0 Å². The van der Waals surface area contributed by atoms with E-state index in [2.05, 4.69) is 5.32 Å². The Bertz CT molecular complexity index is 1110. The normalized spacial score (nSPS) is 22.4. The van der Waals surface area contributed by atoms with E-state index in [1.54, 1.807) is 53.1 Å². The number of carbonyl (C=O) groups is 3. The zero-order chi connectivity index (χ0) is 23.0. The van der Waals surface area contributed by atoms with Gasteiger partial charge in [-0.25, -0.2) is 9.59 Å². The van der Waals surface area contributed by atoms with E-state index in [0.717, 1.165) is 6.42 Å². The number of likely N-dealkylation sites (tertiary alicyclic amines) is 1. The van der Waals surface area contributed by atoms with Crippen molar-refractivity contribution < 1.29 is 24.6 Å². The third kappa shape index (κ3) is 3.67. The van der Waals surface area contributed by atoms with E-state index in [0.29, 0.717) is 41.8 Å². The van der Waals surface area contributed by atoms with Crippen molar-refractivity contribution in [2.75, 3.05) is 23.3 Å². The molecule has 2 heterocycles. The molecule has 0 aromatic heterocycles. The number of nitrogens with two attached hydrogens (primary N) is 1. The van der Waals surface area contributed by atoms with Crippen LogP contribution in [-0.2, 0) is 9.59 Å². The van der Waals surface area contributed by atoms with E-state index in [9.17, 15) is 24.6 Å². The van der Waals surface area contributed by atoms with Crippen LogP contribution in [0, 0.1) is 0 Å². The largest absolute Gasteiger partial charge is 0.478 e. The standard InChI is InChI=1S/C23H24N4O5/c1-23(17(22(31)32)12-20(28)29)25-18-4-2-3-5-19(18)27(23)16-8-6-14(7-9-16)21(30)26-11-10-15(24)13-26/h2-9,12,15,25H,10-11,13,24H2,1H3,(H,28,29)(H,31,32)/t15-,23?/m0/s1. The maximum Gasteiger partial charge on any atom is 0.336 e. The van der Waals surface area contributed by atoms with Crippen LogP contribution >= 0.6 is 0 Å². The lowest BCUT2D eigenvalue weighted by atomic mass is 9.98. The molecule has 0 bridgehead atoms. The van der Waals surface area contributed by atoms with Gasteiger partial charge in [-0.3, -0.25) is 4.79 Å². The molecule has 2 aliphatic heterocycles. The molecule has 1 unspecified atom stereocenters. The van der Waals surface area contributed by atoms with Crippen LogP contribution in [0.2, 0.25) is 0 Å². The third-order valence-corrected chi connectivity index (χ3v) is 5.88. The molecule has 32 heavy (non-hydrogen) atoms. The van der Waals surface area contributed by atoms with Gasteiger partial charge in [0.05, 0.1) is 16.9 Å². The minimum atomic E-state index is -1.37. The lowest BCUT2D eigenvalue weighted by molar-refractivity contribution is -0.135. The van der Waals surface area contributed by atoms with Crippen LogP contribution in [0.4, 0.5) is 17.1 Å². The molecule has 1 amide bonds. The summed E-state index contributed by atoms with van der Waals surface area (Å²) in [7, 11) is 0. The van der Waals surface area contributed by atoms with E-state index < -0.39 is 17.6 Å². The van der Waals surface area contributed by atoms with Crippen molar-refractivity contribution in [2.45, 2.75) is 25.0 Å². The number of carboxylic acid groups (broad SMARTS) is 2. The SMILES string of the molecule is CC1(C(=CC(=O)O)C(=O)O)Nc2ccccc2N1c1ccc(C(=O)N2CC[C@H](N)C2)cc1. The molecule has 0 radical (unpaired) electrons. The Morgan fingerprint density at radius 2 is 1.81 bits per heavy atom. The average molecular weight is 436 g/mol. The van der Waals surface area contributed by atoms with Crippen molar-refractivity contribution in [3.63, 3.8) is 0 Å². The highest BCUT2D eigenvalue weighted by Gasteiger charge is 2.46. The van der Waals surface area contributed by atoms with Gasteiger partial charge in [-0.05, 0) is 49.7 Å².